The van der Waals surface area contributed by atoms with Crippen molar-refractivity contribution in [2.45, 2.75) is 13.0 Å². The van der Waals surface area contributed by atoms with Gasteiger partial charge in [0.25, 0.3) is 5.78 Å². The van der Waals surface area contributed by atoms with Crippen LogP contribution in [0.4, 0.5) is 9.52 Å². The lowest BCUT2D eigenvalue weighted by atomic mass is 9.95. The number of ketones is 1. The Kier molecular flexibility index (Phi) is 4.52. The molecule has 0 aliphatic carbocycles. The maximum absolute atomic E-state index is 13.3. The van der Waals surface area contributed by atoms with Crippen LogP contribution < -0.4 is 4.90 Å². The molecule has 5 nitrogen and oxygen atoms in total. The standard InChI is InChI=1S/C21H15FN2O3S/c1-12-2-4-13(5-3-12)17-16(18(25)14-6-8-15(22)9-7-14)19(26)20(27)24(17)21-23-10-11-28-21/h2-11,17,25H,1H3/b18-16+. The summed E-state index contributed by atoms with van der Waals surface area (Å²) in [6, 6.07) is 11.7. The molecule has 28 heavy (non-hydrogen) atoms. The molecule has 1 N–H and O–H groups in total. The molecule has 0 saturated carbocycles. The van der Waals surface area contributed by atoms with Crippen LogP contribution in [0.3, 0.4) is 0 Å². The lowest BCUT2D eigenvalue weighted by Crippen LogP contribution is -2.29. The zero-order valence-corrected chi connectivity index (χ0v) is 15.6. The molecule has 1 atom stereocenters. The average molecular weight is 394 g/mol. The summed E-state index contributed by atoms with van der Waals surface area (Å²) in [5, 5.41) is 12.9. The van der Waals surface area contributed by atoms with E-state index in [4.69, 9.17) is 0 Å². The molecule has 0 bridgehead atoms. The maximum Gasteiger partial charge on any atom is 0.301 e. The van der Waals surface area contributed by atoms with Crippen molar-refractivity contribution in [3.05, 3.63) is 88.2 Å². The van der Waals surface area contributed by atoms with Crippen LogP contribution in [0.2, 0.25) is 0 Å². The summed E-state index contributed by atoms with van der Waals surface area (Å²) in [7, 11) is 0. The molecule has 1 amide bonds. The lowest BCUT2D eigenvalue weighted by molar-refractivity contribution is -0.132. The van der Waals surface area contributed by atoms with Crippen LogP contribution in [0, 0.1) is 12.7 Å². The number of hydrogen-bond donors (Lipinski definition) is 1. The molecular weight excluding hydrogens is 379 g/mol. The summed E-state index contributed by atoms with van der Waals surface area (Å²) < 4.78 is 13.3. The van der Waals surface area contributed by atoms with Crippen LogP contribution in [-0.4, -0.2) is 21.8 Å². The smallest absolute Gasteiger partial charge is 0.301 e. The monoisotopic (exact) mass is 394 g/mol. The number of rotatable bonds is 3. The van der Waals surface area contributed by atoms with Crippen LogP contribution in [0.5, 0.6) is 0 Å². The lowest BCUT2D eigenvalue weighted by Gasteiger charge is -2.23. The van der Waals surface area contributed by atoms with E-state index < -0.39 is 23.5 Å². The summed E-state index contributed by atoms with van der Waals surface area (Å²) in [4.78, 5) is 31.1. The second-order valence-electron chi connectivity index (χ2n) is 6.40. The Morgan fingerprint density at radius 3 is 2.39 bits per heavy atom. The molecule has 1 aliphatic rings. The van der Waals surface area contributed by atoms with E-state index in [-0.39, 0.29) is 16.9 Å². The van der Waals surface area contributed by atoms with E-state index in [1.54, 1.807) is 11.6 Å². The number of anilines is 1. The molecule has 1 saturated heterocycles. The number of carbonyl (C=O) groups is 2. The predicted octanol–water partition coefficient (Wildman–Crippen LogP) is 4.22. The first-order valence-electron chi connectivity index (χ1n) is 8.50. The third kappa shape index (κ3) is 2.99. The highest BCUT2D eigenvalue weighted by Crippen LogP contribution is 2.42. The first-order chi connectivity index (χ1) is 13.5. The Bertz CT molecular complexity index is 1070. The molecule has 2 heterocycles. The Balaban J connectivity index is 1.93. The minimum atomic E-state index is -0.822. The summed E-state index contributed by atoms with van der Waals surface area (Å²) >= 11 is 1.23. The van der Waals surface area contributed by atoms with Crippen molar-refractivity contribution in [2.24, 2.45) is 0 Å². The quantitative estimate of drug-likeness (QED) is 0.410. The topological polar surface area (TPSA) is 70.5 Å². The van der Waals surface area contributed by atoms with Crippen LogP contribution in [0.15, 0.2) is 65.7 Å². The van der Waals surface area contributed by atoms with Crippen molar-refractivity contribution in [1.82, 2.24) is 4.98 Å². The third-order valence-electron chi connectivity index (χ3n) is 4.58. The van der Waals surface area contributed by atoms with Gasteiger partial charge in [-0.1, -0.05) is 29.8 Å². The number of aryl methyl sites for hydroxylation is 1. The Morgan fingerprint density at radius 2 is 1.79 bits per heavy atom. The first kappa shape index (κ1) is 18.1. The number of aliphatic hydroxyl groups excluding tert-OH is 1. The van der Waals surface area contributed by atoms with Gasteiger partial charge in [0, 0.05) is 17.1 Å². The summed E-state index contributed by atoms with van der Waals surface area (Å²) in [5.74, 6) is -2.37. The molecule has 3 aromatic rings. The SMILES string of the molecule is Cc1ccc(C2/C(=C(\O)c3ccc(F)cc3)C(=O)C(=O)N2c2nccs2)cc1. The van der Waals surface area contributed by atoms with E-state index in [0.717, 1.165) is 5.56 Å². The average Bonchev–Trinajstić information content (AvgIpc) is 3.30. The van der Waals surface area contributed by atoms with E-state index in [2.05, 4.69) is 4.98 Å². The minimum Gasteiger partial charge on any atom is -0.507 e. The molecule has 2 aromatic carbocycles. The second-order valence-corrected chi connectivity index (χ2v) is 7.27. The fourth-order valence-electron chi connectivity index (χ4n) is 3.19. The normalized spacial score (nSPS) is 18.6. The van der Waals surface area contributed by atoms with Gasteiger partial charge in [-0.3, -0.25) is 14.5 Å². The van der Waals surface area contributed by atoms with Crippen molar-refractivity contribution in [1.29, 1.82) is 0 Å². The van der Waals surface area contributed by atoms with Crippen LogP contribution >= 0.6 is 11.3 Å². The molecule has 1 fully saturated rings. The molecular formula is C21H15FN2O3S. The zero-order valence-electron chi connectivity index (χ0n) is 14.8. The Morgan fingerprint density at radius 1 is 1.11 bits per heavy atom. The molecule has 1 aliphatic heterocycles. The van der Waals surface area contributed by atoms with Gasteiger partial charge in [-0.2, -0.15) is 0 Å². The molecule has 7 heteroatoms. The number of halogens is 1. The molecule has 1 aromatic heterocycles. The van der Waals surface area contributed by atoms with Gasteiger partial charge in [0.05, 0.1) is 11.6 Å². The number of aromatic nitrogens is 1. The number of hydrogen-bond acceptors (Lipinski definition) is 5. The van der Waals surface area contributed by atoms with Crippen molar-refractivity contribution >= 4 is 33.9 Å². The summed E-state index contributed by atoms with van der Waals surface area (Å²) in [6.07, 6.45) is 1.55. The van der Waals surface area contributed by atoms with Gasteiger partial charge in [-0.25, -0.2) is 9.37 Å². The number of nitrogens with zero attached hydrogens (tertiary/aromatic N) is 2. The number of carbonyl (C=O) groups excluding carboxylic acids is 2. The Hall–Kier alpha value is -3.32. The van der Waals surface area contributed by atoms with Gasteiger partial charge in [-0.15, -0.1) is 11.3 Å². The van der Waals surface area contributed by atoms with Gasteiger partial charge in [0.15, 0.2) is 5.13 Å². The number of thiazole rings is 1. The fourth-order valence-corrected chi connectivity index (χ4v) is 3.86. The van der Waals surface area contributed by atoms with E-state index in [0.29, 0.717) is 10.7 Å². The van der Waals surface area contributed by atoms with Crippen LogP contribution in [0.1, 0.15) is 22.7 Å². The molecule has 140 valence electrons. The third-order valence-corrected chi connectivity index (χ3v) is 5.35. The number of benzene rings is 2. The van der Waals surface area contributed by atoms with Gasteiger partial charge >= 0.3 is 5.91 Å². The van der Waals surface area contributed by atoms with Crippen molar-refractivity contribution in [3.8, 4) is 0 Å². The first-order valence-corrected chi connectivity index (χ1v) is 9.38. The highest BCUT2D eigenvalue weighted by Gasteiger charge is 2.47. The van der Waals surface area contributed by atoms with Gasteiger partial charge < -0.3 is 5.11 Å². The van der Waals surface area contributed by atoms with E-state index in [9.17, 15) is 19.1 Å². The Labute approximate surface area is 164 Å². The van der Waals surface area contributed by atoms with Gasteiger partial charge in [0.2, 0.25) is 0 Å². The van der Waals surface area contributed by atoms with E-state index in [1.807, 2.05) is 31.2 Å². The molecule has 1 unspecified atom stereocenters. The van der Waals surface area contributed by atoms with Crippen LogP contribution in [-0.2, 0) is 9.59 Å². The summed E-state index contributed by atoms with van der Waals surface area (Å²) in [6.45, 7) is 1.93. The highest BCUT2D eigenvalue weighted by atomic mass is 32.1. The van der Waals surface area contributed by atoms with Crippen molar-refractivity contribution in [2.75, 3.05) is 4.90 Å². The number of Topliss-reactive ketones (excluding diaryl/α,β-unsaturated/α-hetero) is 1. The second kappa shape index (κ2) is 7.01. The van der Waals surface area contributed by atoms with E-state index in [1.165, 1.54) is 40.5 Å². The largest absolute Gasteiger partial charge is 0.507 e. The maximum atomic E-state index is 13.3. The predicted molar refractivity (Wildman–Crippen MR) is 104 cm³/mol. The molecule has 4 rings (SSSR count). The molecule has 0 spiro atoms. The fraction of sp³-hybridized carbons (Fsp3) is 0.0952. The van der Waals surface area contributed by atoms with Gasteiger partial charge in [-0.05, 0) is 36.8 Å². The number of amides is 1. The van der Waals surface area contributed by atoms with Crippen LogP contribution in [0.25, 0.3) is 5.76 Å². The minimum absolute atomic E-state index is 0.0457. The number of aliphatic hydroxyl groups is 1. The van der Waals surface area contributed by atoms with Crippen molar-refractivity contribution in [3.63, 3.8) is 0 Å². The summed E-state index contributed by atoms with van der Waals surface area (Å²) in [5.41, 5.74) is 1.91. The zero-order chi connectivity index (χ0) is 19.8. The highest BCUT2D eigenvalue weighted by molar-refractivity contribution is 7.14. The van der Waals surface area contributed by atoms with Gasteiger partial charge in [0.1, 0.15) is 11.6 Å². The van der Waals surface area contributed by atoms with E-state index >= 15 is 0 Å². The van der Waals surface area contributed by atoms with Crippen molar-refractivity contribution < 1.29 is 19.1 Å². The molecule has 0 radical (unpaired) electrons.